The maximum Gasteiger partial charge on any atom is 0.410 e. The lowest BCUT2D eigenvalue weighted by molar-refractivity contribution is 0.0185. The Labute approximate surface area is 213 Å². The monoisotopic (exact) mass is 569 g/mol. The van der Waals surface area contributed by atoms with Crippen LogP contribution in [0.15, 0.2) is 46.0 Å². The lowest BCUT2D eigenvalue weighted by atomic mass is 9.97. The minimum Gasteiger partial charge on any atom is -0.444 e. The molecule has 1 aromatic heterocycles. The smallest absolute Gasteiger partial charge is 0.410 e. The number of guanidine groups is 1. The molecule has 33 heavy (non-hydrogen) atoms. The molecule has 0 spiro atoms. The summed E-state index contributed by atoms with van der Waals surface area (Å²) in [6.07, 6.45) is 3.31. The van der Waals surface area contributed by atoms with Crippen LogP contribution in [0.1, 0.15) is 46.2 Å². The molecular formula is C24H36IN5O3. The predicted octanol–water partition coefficient (Wildman–Crippen LogP) is 4.66. The molecule has 9 heteroatoms. The van der Waals surface area contributed by atoms with E-state index in [9.17, 15) is 4.79 Å². The van der Waals surface area contributed by atoms with Crippen molar-refractivity contribution >= 4 is 36.0 Å². The molecule has 1 fully saturated rings. The summed E-state index contributed by atoms with van der Waals surface area (Å²) in [7, 11) is 0. The van der Waals surface area contributed by atoms with Gasteiger partial charge < -0.3 is 24.7 Å². The first-order valence-electron chi connectivity index (χ1n) is 11.3. The minimum absolute atomic E-state index is 0. The highest BCUT2D eigenvalue weighted by atomic mass is 127. The van der Waals surface area contributed by atoms with Gasteiger partial charge in [0.2, 0.25) is 5.89 Å². The number of nitrogens with one attached hydrogen (secondary N) is 2. The Morgan fingerprint density at radius 3 is 2.55 bits per heavy atom. The minimum atomic E-state index is -0.460. The van der Waals surface area contributed by atoms with E-state index < -0.39 is 5.60 Å². The Morgan fingerprint density at radius 2 is 1.91 bits per heavy atom. The Balaban J connectivity index is 0.00000385. The van der Waals surface area contributed by atoms with Crippen molar-refractivity contribution in [3.8, 4) is 11.5 Å². The van der Waals surface area contributed by atoms with Gasteiger partial charge in [-0.15, -0.1) is 24.0 Å². The van der Waals surface area contributed by atoms with Crippen LogP contribution in [0.3, 0.4) is 0 Å². The number of carbonyl (C=O) groups is 1. The number of rotatable bonds is 6. The fourth-order valence-corrected chi connectivity index (χ4v) is 3.48. The number of halogens is 1. The summed E-state index contributed by atoms with van der Waals surface area (Å²) in [4.78, 5) is 23.2. The van der Waals surface area contributed by atoms with Gasteiger partial charge in [-0.3, -0.25) is 0 Å². The van der Waals surface area contributed by atoms with E-state index >= 15 is 0 Å². The van der Waals surface area contributed by atoms with Crippen molar-refractivity contribution in [2.24, 2.45) is 10.9 Å². The van der Waals surface area contributed by atoms with E-state index in [-0.39, 0.29) is 30.1 Å². The Morgan fingerprint density at radius 1 is 1.21 bits per heavy atom. The first-order valence-corrected chi connectivity index (χ1v) is 11.3. The fraction of sp³-hybridized carbons (Fsp3) is 0.542. The van der Waals surface area contributed by atoms with Gasteiger partial charge in [-0.05, 0) is 58.6 Å². The van der Waals surface area contributed by atoms with Gasteiger partial charge in [-0.1, -0.05) is 18.2 Å². The Kier molecular flexibility index (Phi) is 10.5. The molecule has 0 unspecified atom stereocenters. The molecule has 1 aliphatic heterocycles. The number of carbonyl (C=O) groups excluding carboxylic acids is 1. The van der Waals surface area contributed by atoms with Gasteiger partial charge in [0.15, 0.2) is 5.96 Å². The number of aromatic nitrogens is 1. The third kappa shape index (κ3) is 8.87. The van der Waals surface area contributed by atoms with Crippen LogP contribution in [0, 0.1) is 5.92 Å². The van der Waals surface area contributed by atoms with E-state index in [1.807, 2.05) is 58.0 Å². The number of hydrogen-bond donors (Lipinski definition) is 2. The second kappa shape index (κ2) is 12.8. The average Bonchev–Trinajstić information content (AvgIpc) is 3.24. The lowest BCUT2D eigenvalue weighted by Gasteiger charge is -2.33. The predicted molar refractivity (Wildman–Crippen MR) is 141 cm³/mol. The second-order valence-corrected chi connectivity index (χ2v) is 9.00. The highest BCUT2D eigenvalue weighted by Crippen LogP contribution is 2.20. The second-order valence-electron chi connectivity index (χ2n) is 9.00. The third-order valence-corrected chi connectivity index (χ3v) is 5.14. The normalized spacial score (nSPS) is 15.0. The third-order valence-electron chi connectivity index (χ3n) is 5.14. The van der Waals surface area contributed by atoms with Crippen molar-refractivity contribution < 1.29 is 13.9 Å². The van der Waals surface area contributed by atoms with E-state index in [2.05, 4.69) is 20.6 Å². The molecule has 1 aromatic carbocycles. The van der Waals surface area contributed by atoms with Gasteiger partial charge in [0.25, 0.3) is 0 Å². The number of aliphatic imine (C=N–C) groups is 1. The topological polar surface area (TPSA) is 92.0 Å². The highest BCUT2D eigenvalue weighted by molar-refractivity contribution is 14.0. The zero-order chi connectivity index (χ0) is 23.0. The van der Waals surface area contributed by atoms with E-state index in [1.54, 1.807) is 11.2 Å². The summed E-state index contributed by atoms with van der Waals surface area (Å²) in [5.74, 6) is 1.84. The summed E-state index contributed by atoms with van der Waals surface area (Å²) in [6, 6.07) is 9.83. The molecular weight excluding hydrogens is 533 g/mol. The quantitative estimate of drug-likeness (QED) is 0.299. The number of oxazole rings is 1. The van der Waals surface area contributed by atoms with Gasteiger partial charge in [0, 0.05) is 31.7 Å². The first kappa shape index (κ1) is 26.9. The average molecular weight is 569 g/mol. The maximum absolute atomic E-state index is 12.2. The van der Waals surface area contributed by atoms with Crippen LogP contribution in [0.5, 0.6) is 0 Å². The van der Waals surface area contributed by atoms with Gasteiger partial charge in [0.1, 0.15) is 17.6 Å². The van der Waals surface area contributed by atoms with E-state index in [0.717, 1.165) is 56.2 Å². The summed E-state index contributed by atoms with van der Waals surface area (Å²) >= 11 is 0. The summed E-state index contributed by atoms with van der Waals surface area (Å²) in [6.45, 7) is 11.2. The van der Waals surface area contributed by atoms with Gasteiger partial charge in [0.05, 0.1) is 6.54 Å². The van der Waals surface area contributed by atoms with Crippen molar-refractivity contribution in [2.45, 2.75) is 52.7 Å². The SMILES string of the molecule is CCNC(=NCc1coc(-c2ccccc2)n1)NCC1CCN(C(=O)OC(C)(C)C)CC1.I. The number of likely N-dealkylation sites (tertiary alicyclic amines) is 1. The van der Waals surface area contributed by atoms with E-state index in [0.29, 0.717) is 18.4 Å². The van der Waals surface area contributed by atoms with Crippen LogP contribution in [-0.2, 0) is 11.3 Å². The molecule has 0 atom stereocenters. The molecule has 0 bridgehead atoms. The number of hydrogen-bond acceptors (Lipinski definition) is 5. The van der Waals surface area contributed by atoms with Crippen molar-refractivity contribution in [3.05, 3.63) is 42.3 Å². The number of benzene rings is 1. The van der Waals surface area contributed by atoms with Gasteiger partial charge in [-0.2, -0.15) is 0 Å². The summed E-state index contributed by atoms with van der Waals surface area (Å²) < 4.78 is 11.1. The first-order chi connectivity index (χ1) is 15.3. The fourth-order valence-electron chi connectivity index (χ4n) is 3.48. The van der Waals surface area contributed by atoms with Crippen LogP contribution in [0.25, 0.3) is 11.5 Å². The zero-order valence-corrected chi connectivity index (χ0v) is 22.3. The van der Waals surface area contributed by atoms with Gasteiger partial charge in [-0.25, -0.2) is 14.8 Å². The molecule has 2 N–H and O–H groups in total. The zero-order valence-electron chi connectivity index (χ0n) is 20.0. The largest absolute Gasteiger partial charge is 0.444 e. The number of ether oxygens (including phenoxy) is 1. The molecule has 0 radical (unpaired) electrons. The van der Waals surface area contributed by atoms with E-state index in [4.69, 9.17) is 9.15 Å². The standard InChI is InChI=1S/C24H35N5O3.HI/c1-5-25-22(27-16-20-17-31-21(28-20)19-9-7-6-8-10-19)26-15-18-11-13-29(14-12-18)23(30)32-24(2,3)4;/h6-10,17-18H,5,11-16H2,1-4H3,(H2,25,26,27);1H. The number of piperidine rings is 1. The molecule has 1 saturated heterocycles. The van der Waals surface area contributed by atoms with Crippen molar-refractivity contribution in [1.82, 2.24) is 20.5 Å². The van der Waals surface area contributed by atoms with E-state index in [1.165, 1.54) is 0 Å². The Bertz CT molecular complexity index is 887. The molecule has 2 heterocycles. The maximum atomic E-state index is 12.2. The number of amides is 1. The lowest BCUT2D eigenvalue weighted by Crippen LogP contribution is -2.45. The summed E-state index contributed by atoms with van der Waals surface area (Å²) in [5, 5.41) is 6.71. The van der Waals surface area contributed by atoms with Crippen LogP contribution < -0.4 is 10.6 Å². The molecule has 1 amide bonds. The van der Waals surface area contributed by atoms with Crippen LogP contribution in [0.2, 0.25) is 0 Å². The van der Waals surface area contributed by atoms with Gasteiger partial charge >= 0.3 is 6.09 Å². The molecule has 182 valence electrons. The van der Waals surface area contributed by atoms with Crippen molar-refractivity contribution in [1.29, 1.82) is 0 Å². The molecule has 2 aromatic rings. The van der Waals surface area contributed by atoms with Crippen molar-refractivity contribution in [3.63, 3.8) is 0 Å². The number of nitrogens with zero attached hydrogens (tertiary/aromatic N) is 3. The Hall–Kier alpha value is -2.30. The molecule has 0 aliphatic carbocycles. The molecule has 1 aliphatic rings. The molecule has 8 nitrogen and oxygen atoms in total. The van der Waals surface area contributed by atoms with Crippen molar-refractivity contribution in [2.75, 3.05) is 26.2 Å². The molecule has 0 saturated carbocycles. The van der Waals surface area contributed by atoms with Crippen LogP contribution in [0.4, 0.5) is 4.79 Å². The van der Waals surface area contributed by atoms with Crippen LogP contribution in [-0.4, -0.2) is 53.7 Å². The van der Waals surface area contributed by atoms with Crippen LogP contribution >= 0.6 is 24.0 Å². The summed E-state index contributed by atoms with van der Waals surface area (Å²) in [5.41, 5.74) is 1.27. The molecule has 3 rings (SSSR count). The highest BCUT2D eigenvalue weighted by Gasteiger charge is 2.26.